The van der Waals surface area contributed by atoms with Crippen molar-refractivity contribution >= 4 is 18.7 Å². The molecular formula is C23H34O3Si. The fraction of sp³-hybridized carbons (Fsp3) is 0.478. The largest absolute Gasteiger partial charge is 0.404 e. The maximum Gasteiger partial charge on any atom is 0.261 e. The molecule has 0 aliphatic rings. The summed E-state index contributed by atoms with van der Waals surface area (Å²) in [7, 11) is -2.71. The van der Waals surface area contributed by atoms with Gasteiger partial charge in [0.05, 0.1) is 12.7 Å². The van der Waals surface area contributed by atoms with Crippen LogP contribution in [0.3, 0.4) is 0 Å². The zero-order valence-corrected chi connectivity index (χ0v) is 18.3. The van der Waals surface area contributed by atoms with Crippen LogP contribution in [0.2, 0.25) is 5.04 Å². The standard InChI is InChI=1S/C23H34O3Si/c1-6-21(24)23(25,7-2)18-26-27(22(3,4)5,19-14-10-8-11-15-19)20-16-12-9-13-17-20/h8-17,21,24-25H,6-7,18H2,1-5H3/t21-,23+/m0/s1. The van der Waals surface area contributed by atoms with Gasteiger partial charge in [-0.1, -0.05) is 95.3 Å². The second-order valence-electron chi connectivity index (χ2n) is 8.33. The number of hydrogen-bond acceptors (Lipinski definition) is 3. The minimum Gasteiger partial charge on any atom is -0.404 e. The van der Waals surface area contributed by atoms with Crippen molar-refractivity contribution in [3.63, 3.8) is 0 Å². The van der Waals surface area contributed by atoms with Crippen LogP contribution in [-0.2, 0) is 4.43 Å². The molecule has 0 unspecified atom stereocenters. The van der Waals surface area contributed by atoms with E-state index >= 15 is 0 Å². The first kappa shape index (κ1) is 21.8. The molecule has 2 rings (SSSR count). The maximum absolute atomic E-state index is 11.1. The third-order valence-corrected chi connectivity index (χ3v) is 10.6. The molecule has 0 saturated heterocycles. The van der Waals surface area contributed by atoms with Crippen molar-refractivity contribution in [3.8, 4) is 0 Å². The minimum atomic E-state index is -2.71. The summed E-state index contributed by atoms with van der Waals surface area (Å²) >= 11 is 0. The smallest absolute Gasteiger partial charge is 0.261 e. The lowest BCUT2D eigenvalue weighted by atomic mass is 9.93. The molecule has 148 valence electrons. The molecule has 2 aromatic rings. The van der Waals surface area contributed by atoms with Gasteiger partial charge in [-0.05, 0) is 28.3 Å². The summed E-state index contributed by atoms with van der Waals surface area (Å²) in [6.07, 6.45) is 0.134. The Bertz CT molecular complexity index is 657. The summed E-state index contributed by atoms with van der Waals surface area (Å²) in [6.45, 7) is 10.5. The van der Waals surface area contributed by atoms with Crippen molar-refractivity contribution in [3.05, 3.63) is 60.7 Å². The summed E-state index contributed by atoms with van der Waals surface area (Å²) in [5, 5.41) is 23.7. The number of aliphatic hydroxyl groups excluding tert-OH is 1. The molecule has 2 aromatic carbocycles. The van der Waals surface area contributed by atoms with Crippen LogP contribution in [-0.4, -0.2) is 36.8 Å². The van der Waals surface area contributed by atoms with Gasteiger partial charge in [-0.15, -0.1) is 0 Å². The molecule has 0 amide bonds. The molecule has 3 nitrogen and oxygen atoms in total. The quantitative estimate of drug-likeness (QED) is 0.683. The molecule has 0 spiro atoms. The highest BCUT2D eigenvalue weighted by Crippen LogP contribution is 2.37. The van der Waals surface area contributed by atoms with Crippen molar-refractivity contribution in [1.82, 2.24) is 0 Å². The Morgan fingerprint density at radius 1 is 0.889 bits per heavy atom. The van der Waals surface area contributed by atoms with Gasteiger partial charge in [0.15, 0.2) is 0 Å². The van der Waals surface area contributed by atoms with Crippen molar-refractivity contribution in [2.75, 3.05) is 6.61 Å². The van der Waals surface area contributed by atoms with Crippen molar-refractivity contribution in [2.45, 2.75) is 64.2 Å². The van der Waals surface area contributed by atoms with Crippen LogP contribution in [0.15, 0.2) is 60.7 Å². The van der Waals surface area contributed by atoms with E-state index in [9.17, 15) is 10.2 Å². The van der Waals surface area contributed by atoms with E-state index in [-0.39, 0.29) is 11.6 Å². The van der Waals surface area contributed by atoms with Gasteiger partial charge < -0.3 is 14.6 Å². The van der Waals surface area contributed by atoms with Crippen LogP contribution in [0.1, 0.15) is 47.5 Å². The summed E-state index contributed by atoms with van der Waals surface area (Å²) in [5.41, 5.74) is -1.25. The fourth-order valence-corrected chi connectivity index (χ4v) is 8.43. The van der Waals surface area contributed by atoms with E-state index in [1.165, 1.54) is 10.4 Å². The highest BCUT2D eigenvalue weighted by Gasteiger charge is 2.51. The average Bonchev–Trinajstić information content (AvgIpc) is 2.68. The van der Waals surface area contributed by atoms with E-state index in [2.05, 4.69) is 45.0 Å². The summed E-state index contributed by atoms with van der Waals surface area (Å²) < 4.78 is 6.77. The van der Waals surface area contributed by atoms with Crippen LogP contribution >= 0.6 is 0 Å². The van der Waals surface area contributed by atoms with E-state index in [0.717, 1.165) is 0 Å². The lowest BCUT2D eigenvalue weighted by molar-refractivity contribution is -0.104. The second kappa shape index (κ2) is 8.70. The predicted octanol–water partition coefficient (Wildman–Crippen LogP) is 3.48. The third-order valence-electron chi connectivity index (χ3n) is 5.57. The molecule has 0 fully saturated rings. The normalized spacial score (nSPS) is 16.0. The molecule has 4 heteroatoms. The molecule has 0 aliphatic carbocycles. The Morgan fingerprint density at radius 2 is 1.33 bits per heavy atom. The Hall–Kier alpha value is -1.46. The van der Waals surface area contributed by atoms with Gasteiger partial charge in [-0.2, -0.15) is 0 Å². The van der Waals surface area contributed by atoms with Crippen molar-refractivity contribution in [1.29, 1.82) is 0 Å². The van der Waals surface area contributed by atoms with Crippen LogP contribution < -0.4 is 10.4 Å². The highest BCUT2D eigenvalue weighted by molar-refractivity contribution is 6.99. The van der Waals surface area contributed by atoms with Gasteiger partial charge in [-0.25, -0.2) is 0 Å². The molecule has 2 N–H and O–H groups in total. The highest BCUT2D eigenvalue weighted by atomic mass is 28.4. The minimum absolute atomic E-state index is 0.117. The molecule has 27 heavy (non-hydrogen) atoms. The summed E-state index contributed by atoms with van der Waals surface area (Å²) in [5.74, 6) is 0. The molecular weight excluding hydrogens is 352 g/mol. The Labute approximate surface area is 165 Å². The third kappa shape index (κ3) is 4.35. The van der Waals surface area contributed by atoms with Gasteiger partial charge in [0.25, 0.3) is 8.32 Å². The SMILES string of the molecule is CC[C@H](O)[C@@](O)(CC)CO[Si](c1ccccc1)(c1ccccc1)C(C)(C)C. The first-order valence-corrected chi connectivity index (χ1v) is 11.8. The molecule has 0 aromatic heterocycles. The zero-order chi connectivity index (χ0) is 20.1. The van der Waals surface area contributed by atoms with E-state index in [1.807, 2.05) is 50.2 Å². The van der Waals surface area contributed by atoms with Crippen LogP contribution in [0.5, 0.6) is 0 Å². The fourth-order valence-electron chi connectivity index (χ4n) is 3.81. The van der Waals surface area contributed by atoms with Crippen LogP contribution in [0.25, 0.3) is 0 Å². The van der Waals surface area contributed by atoms with Gasteiger partial charge in [0.1, 0.15) is 5.60 Å². The average molecular weight is 387 g/mol. The molecule has 0 heterocycles. The summed E-state index contributed by atoms with van der Waals surface area (Å²) in [6, 6.07) is 20.7. The lowest BCUT2D eigenvalue weighted by Gasteiger charge is -2.45. The Morgan fingerprint density at radius 3 is 1.67 bits per heavy atom. The van der Waals surface area contributed by atoms with E-state index in [4.69, 9.17) is 4.43 Å². The topological polar surface area (TPSA) is 49.7 Å². The Kier molecular flexibility index (Phi) is 7.03. The molecule has 0 bridgehead atoms. The molecule has 0 radical (unpaired) electrons. The maximum atomic E-state index is 11.1. The summed E-state index contributed by atoms with van der Waals surface area (Å²) in [4.78, 5) is 0. The number of benzene rings is 2. The van der Waals surface area contributed by atoms with E-state index in [0.29, 0.717) is 12.8 Å². The van der Waals surface area contributed by atoms with Gasteiger partial charge >= 0.3 is 0 Å². The molecule has 0 aliphatic heterocycles. The van der Waals surface area contributed by atoms with Crippen molar-refractivity contribution in [2.24, 2.45) is 0 Å². The lowest BCUT2D eigenvalue weighted by Crippen LogP contribution is -2.68. The first-order valence-electron chi connectivity index (χ1n) is 9.86. The van der Waals surface area contributed by atoms with Crippen LogP contribution in [0, 0.1) is 0 Å². The van der Waals surface area contributed by atoms with E-state index in [1.54, 1.807) is 0 Å². The number of rotatable bonds is 8. The van der Waals surface area contributed by atoms with Gasteiger partial charge in [-0.3, -0.25) is 0 Å². The Balaban J connectivity index is 2.59. The first-order chi connectivity index (χ1) is 12.7. The second-order valence-corrected chi connectivity index (χ2v) is 12.6. The monoisotopic (exact) mass is 386 g/mol. The predicted molar refractivity (Wildman–Crippen MR) is 115 cm³/mol. The number of aliphatic hydroxyl groups is 2. The van der Waals surface area contributed by atoms with Crippen molar-refractivity contribution < 1.29 is 14.6 Å². The molecule has 0 saturated carbocycles. The van der Waals surface area contributed by atoms with E-state index < -0.39 is 20.0 Å². The molecule has 2 atom stereocenters. The van der Waals surface area contributed by atoms with Gasteiger partial charge in [0, 0.05) is 0 Å². The van der Waals surface area contributed by atoms with Gasteiger partial charge in [0.2, 0.25) is 0 Å². The number of hydrogen-bond donors (Lipinski definition) is 2. The zero-order valence-electron chi connectivity index (χ0n) is 17.3. The van der Waals surface area contributed by atoms with Crippen LogP contribution in [0.4, 0.5) is 0 Å².